The molecule has 0 bridgehead atoms. The highest BCUT2D eigenvalue weighted by atomic mass is 16.6. The summed E-state index contributed by atoms with van der Waals surface area (Å²) in [7, 11) is 0. The Hall–Kier alpha value is -3.11. The first-order valence-electron chi connectivity index (χ1n) is 10.2. The predicted octanol–water partition coefficient (Wildman–Crippen LogP) is -0.792. The highest BCUT2D eigenvalue weighted by Gasteiger charge is 2.43. The normalized spacial score (nSPS) is 20.4. The highest BCUT2D eigenvalue weighted by molar-refractivity contribution is 5.84. The van der Waals surface area contributed by atoms with Crippen LogP contribution in [0, 0.1) is 0 Å². The van der Waals surface area contributed by atoms with Crippen molar-refractivity contribution in [1.29, 1.82) is 0 Å². The number of hydrogen-bond acceptors (Lipinski definition) is 6. The third-order valence-corrected chi connectivity index (χ3v) is 4.78. The monoisotopic (exact) mass is 433 g/mol. The Bertz CT molecular complexity index is 808. The summed E-state index contributed by atoms with van der Waals surface area (Å²) in [6.45, 7) is 4.14. The lowest BCUT2D eigenvalue weighted by Crippen LogP contribution is -2.59. The zero-order valence-corrected chi connectivity index (χ0v) is 17.8. The first kappa shape index (κ1) is 24.2. The number of guanidine groups is 1. The number of benzene rings is 1. The Morgan fingerprint density at radius 3 is 2.45 bits per heavy atom. The summed E-state index contributed by atoms with van der Waals surface area (Å²) in [5.41, 5.74) is 12.1. The number of aliphatic imine (C=N–C) groups is 1. The van der Waals surface area contributed by atoms with Crippen molar-refractivity contribution in [3.05, 3.63) is 47.7 Å². The zero-order valence-electron chi connectivity index (χ0n) is 17.8. The van der Waals surface area contributed by atoms with Crippen molar-refractivity contribution in [2.75, 3.05) is 13.1 Å². The molecule has 0 unspecified atom stereocenters. The first-order chi connectivity index (χ1) is 14.7. The summed E-state index contributed by atoms with van der Waals surface area (Å²) in [4.78, 5) is 30.9. The van der Waals surface area contributed by atoms with E-state index in [2.05, 4.69) is 10.3 Å². The molecule has 1 aliphatic heterocycles. The fourth-order valence-corrected chi connectivity index (χ4v) is 3.44. The van der Waals surface area contributed by atoms with E-state index in [-0.39, 0.29) is 11.7 Å². The maximum absolute atomic E-state index is 13.4. The van der Waals surface area contributed by atoms with Crippen LogP contribution in [0.1, 0.15) is 25.8 Å². The molecule has 0 fully saturated rings. The quantitative estimate of drug-likeness (QED) is 0.193. The fourth-order valence-electron chi connectivity index (χ4n) is 3.44. The van der Waals surface area contributed by atoms with E-state index in [0.29, 0.717) is 25.9 Å². The van der Waals surface area contributed by atoms with Gasteiger partial charge in [-0.15, -0.1) is 0 Å². The topological polar surface area (TPSA) is 164 Å². The van der Waals surface area contributed by atoms with E-state index in [1.807, 2.05) is 37.3 Å². The van der Waals surface area contributed by atoms with Crippen molar-refractivity contribution in [3.63, 3.8) is 0 Å². The molecular weight excluding hydrogens is 402 g/mol. The molecule has 0 spiro atoms. The van der Waals surface area contributed by atoms with Crippen molar-refractivity contribution >= 4 is 17.8 Å². The van der Waals surface area contributed by atoms with Crippen LogP contribution >= 0.6 is 0 Å². The van der Waals surface area contributed by atoms with E-state index >= 15 is 0 Å². The maximum Gasteiger partial charge on any atom is 0.265 e. The number of nitrogens with two attached hydrogens (primary N) is 2. The van der Waals surface area contributed by atoms with Gasteiger partial charge < -0.3 is 36.6 Å². The van der Waals surface area contributed by atoms with Gasteiger partial charge >= 0.3 is 0 Å². The minimum Gasteiger partial charge on any atom is -0.478 e. The molecule has 10 nitrogen and oxygen atoms in total. The lowest BCUT2D eigenvalue weighted by atomic mass is 9.96. The van der Waals surface area contributed by atoms with Gasteiger partial charge in [0.15, 0.2) is 17.8 Å². The van der Waals surface area contributed by atoms with Crippen LogP contribution in [0.15, 0.2) is 47.2 Å². The second-order valence-electron chi connectivity index (χ2n) is 7.31. The Morgan fingerprint density at radius 2 is 1.90 bits per heavy atom. The largest absolute Gasteiger partial charge is 0.478 e. The van der Waals surface area contributed by atoms with Crippen LogP contribution in [0.25, 0.3) is 0 Å². The summed E-state index contributed by atoms with van der Waals surface area (Å²) in [6.07, 6.45) is -0.577. The van der Waals surface area contributed by atoms with Crippen LogP contribution in [0.5, 0.6) is 0 Å². The molecule has 1 aliphatic rings. The molecule has 2 rings (SSSR count). The number of ether oxygens (including phenoxy) is 1. The van der Waals surface area contributed by atoms with Crippen LogP contribution in [0.4, 0.5) is 0 Å². The molecule has 0 saturated carbocycles. The summed E-state index contributed by atoms with van der Waals surface area (Å²) in [5, 5.41) is 21.9. The van der Waals surface area contributed by atoms with Crippen molar-refractivity contribution in [2.45, 2.75) is 51.2 Å². The molecule has 0 saturated heterocycles. The molecule has 1 heterocycles. The van der Waals surface area contributed by atoms with Gasteiger partial charge in [-0.1, -0.05) is 37.3 Å². The number of aliphatic hydroxyl groups excluding tert-OH is 1. The summed E-state index contributed by atoms with van der Waals surface area (Å²) in [6, 6.07) is 7.89. The molecule has 1 aromatic rings. The SMILES string of the molecule is CCCN(CCc1ccccc1)C(=O)[C@@H]1OC(C(O)O)=C[C@H](N=C(N)N)[C@H]1NC(C)=O. The minimum absolute atomic E-state index is 0.255. The van der Waals surface area contributed by atoms with Gasteiger partial charge in [-0.2, -0.15) is 0 Å². The van der Waals surface area contributed by atoms with Crippen LogP contribution in [0.3, 0.4) is 0 Å². The van der Waals surface area contributed by atoms with Gasteiger partial charge in [-0.25, -0.2) is 4.99 Å². The van der Waals surface area contributed by atoms with Crippen LogP contribution in [-0.2, 0) is 20.7 Å². The number of carbonyl (C=O) groups is 2. The summed E-state index contributed by atoms with van der Waals surface area (Å²) >= 11 is 0. The van der Waals surface area contributed by atoms with Gasteiger partial charge in [0.05, 0.1) is 6.04 Å². The fraction of sp³-hybridized carbons (Fsp3) is 0.476. The molecule has 10 heteroatoms. The Morgan fingerprint density at radius 1 is 1.23 bits per heavy atom. The van der Waals surface area contributed by atoms with Crippen molar-refractivity contribution < 1.29 is 24.5 Å². The number of hydrogen-bond donors (Lipinski definition) is 5. The number of carbonyl (C=O) groups excluding carboxylic acids is 2. The summed E-state index contributed by atoms with van der Waals surface area (Å²) in [5.74, 6) is -1.34. The van der Waals surface area contributed by atoms with Gasteiger partial charge in [0, 0.05) is 20.0 Å². The lowest BCUT2D eigenvalue weighted by molar-refractivity contribution is -0.149. The second-order valence-corrected chi connectivity index (χ2v) is 7.31. The van der Waals surface area contributed by atoms with Gasteiger partial charge in [-0.05, 0) is 24.5 Å². The molecule has 0 aliphatic carbocycles. The van der Waals surface area contributed by atoms with Crippen molar-refractivity contribution in [2.24, 2.45) is 16.5 Å². The van der Waals surface area contributed by atoms with Gasteiger partial charge in [0.1, 0.15) is 6.04 Å². The smallest absolute Gasteiger partial charge is 0.265 e. The van der Waals surface area contributed by atoms with Gasteiger partial charge in [0.2, 0.25) is 12.2 Å². The molecule has 0 radical (unpaired) electrons. The summed E-state index contributed by atoms with van der Waals surface area (Å²) < 4.78 is 5.62. The zero-order chi connectivity index (χ0) is 23.0. The van der Waals surface area contributed by atoms with Gasteiger partial charge in [-0.3, -0.25) is 9.59 Å². The standard InChI is InChI=1S/C21H31N5O5/c1-3-10-26(11-9-14-7-5-4-6-8-14)19(28)18-17(24-13(2)27)15(25-21(22)23)12-16(31-18)20(29)30/h4-8,12,15,17-18,20,29-30H,3,9-11H2,1-2H3,(H,24,27)(H4,22,23,25)/t15-,17+,18+/m0/s1. The van der Waals surface area contributed by atoms with E-state index in [1.54, 1.807) is 4.90 Å². The second kappa shape index (κ2) is 11.3. The van der Waals surface area contributed by atoms with Gasteiger partial charge in [0.25, 0.3) is 5.91 Å². The van der Waals surface area contributed by atoms with Crippen LogP contribution in [-0.4, -0.2) is 70.5 Å². The third kappa shape index (κ3) is 6.97. The number of nitrogens with one attached hydrogen (secondary N) is 1. The predicted molar refractivity (Wildman–Crippen MR) is 115 cm³/mol. The Balaban J connectivity index is 2.33. The highest BCUT2D eigenvalue weighted by Crippen LogP contribution is 2.24. The van der Waals surface area contributed by atoms with Crippen LogP contribution < -0.4 is 16.8 Å². The van der Waals surface area contributed by atoms with E-state index in [1.165, 1.54) is 13.0 Å². The Labute approximate surface area is 181 Å². The number of rotatable bonds is 9. The Kier molecular flexibility index (Phi) is 8.83. The van der Waals surface area contributed by atoms with Crippen molar-refractivity contribution in [1.82, 2.24) is 10.2 Å². The molecule has 31 heavy (non-hydrogen) atoms. The molecular formula is C21H31N5O5. The number of amides is 2. The van der Waals surface area contributed by atoms with Crippen LogP contribution in [0.2, 0.25) is 0 Å². The average Bonchev–Trinajstić information content (AvgIpc) is 2.71. The average molecular weight is 434 g/mol. The maximum atomic E-state index is 13.4. The van der Waals surface area contributed by atoms with E-state index in [9.17, 15) is 19.8 Å². The first-order valence-corrected chi connectivity index (χ1v) is 10.2. The molecule has 3 atom stereocenters. The molecule has 1 aromatic carbocycles. The minimum atomic E-state index is -1.96. The van der Waals surface area contributed by atoms with E-state index in [4.69, 9.17) is 16.2 Å². The molecule has 7 N–H and O–H groups in total. The molecule has 2 amide bonds. The third-order valence-electron chi connectivity index (χ3n) is 4.78. The lowest BCUT2D eigenvalue weighted by Gasteiger charge is -2.38. The number of aliphatic hydroxyl groups is 2. The molecule has 170 valence electrons. The molecule has 0 aromatic heterocycles. The number of nitrogens with zero attached hydrogens (tertiary/aromatic N) is 2. The van der Waals surface area contributed by atoms with E-state index in [0.717, 1.165) is 5.56 Å². The van der Waals surface area contributed by atoms with E-state index < -0.39 is 36.3 Å². The van der Waals surface area contributed by atoms with Crippen molar-refractivity contribution in [3.8, 4) is 0 Å².